The van der Waals surface area contributed by atoms with Crippen LogP contribution in [0.4, 0.5) is 5.13 Å². The van der Waals surface area contributed by atoms with E-state index < -0.39 is 0 Å². The van der Waals surface area contributed by atoms with Crippen LogP contribution in [-0.4, -0.2) is 21.1 Å². The summed E-state index contributed by atoms with van der Waals surface area (Å²) >= 11 is 2.70. The van der Waals surface area contributed by atoms with Crippen LogP contribution in [0.5, 0.6) is 0 Å². The first kappa shape index (κ1) is 14.6. The van der Waals surface area contributed by atoms with Gasteiger partial charge < -0.3 is 11.1 Å². The zero-order chi connectivity index (χ0) is 15.5. The molecular weight excluding hydrogens is 318 g/mol. The first-order chi connectivity index (χ1) is 10.6. The average Bonchev–Trinajstić information content (AvgIpc) is 3.17. The van der Waals surface area contributed by atoms with E-state index in [2.05, 4.69) is 20.5 Å². The molecule has 0 aliphatic carbocycles. The van der Waals surface area contributed by atoms with Crippen LogP contribution in [0.15, 0.2) is 35.7 Å². The molecule has 3 aromatic rings. The molecule has 112 valence electrons. The van der Waals surface area contributed by atoms with E-state index >= 15 is 0 Å². The van der Waals surface area contributed by atoms with Gasteiger partial charge in [0, 0.05) is 10.9 Å². The van der Waals surface area contributed by atoms with Gasteiger partial charge in [-0.1, -0.05) is 41.7 Å². The number of nitrogens with zero attached hydrogens (tertiary/aromatic N) is 3. The molecule has 0 aliphatic rings. The quantitative estimate of drug-likeness (QED) is 0.766. The van der Waals surface area contributed by atoms with E-state index in [4.69, 9.17) is 5.73 Å². The minimum atomic E-state index is -0.260. The molecule has 0 aliphatic heterocycles. The van der Waals surface area contributed by atoms with Crippen molar-refractivity contribution in [2.24, 2.45) is 0 Å². The number of thiazole rings is 1. The molecule has 0 fully saturated rings. The summed E-state index contributed by atoms with van der Waals surface area (Å²) in [6, 6.07) is 9.50. The number of hydrogen-bond acceptors (Lipinski definition) is 7. The Bertz CT molecular complexity index is 783. The highest BCUT2D eigenvalue weighted by Gasteiger charge is 2.17. The van der Waals surface area contributed by atoms with Crippen molar-refractivity contribution < 1.29 is 4.79 Å². The first-order valence-electron chi connectivity index (χ1n) is 6.54. The molecule has 3 N–H and O–H groups in total. The number of nitrogens with two attached hydrogens (primary N) is 1. The molecule has 1 aromatic carbocycles. The van der Waals surface area contributed by atoms with E-state index in [1.54, 1.807) is 5.38 Å². The Hall–Kier alpha value is -2.32. The Morgan fingerprint density at radius 3 is 2.73 bits per heavy atom. The lowest BCUT2D eigenvalue weighted by molar-refractivity contribution is 0.0935. The summed E-state index contributed by atoms with van der Waals surface area (Å²) in [6.45, 7) is 1.84. The fraction of sp³-hybridized carbons (Fsp3) is 0.143. The van der Waals surface area contributed by atoms with Crippen LogP contribution < -0.4 is 11.1 Å². The molecule has 0 bridgehead atoms. The molecular formula is C14H13N5OS2. The van der Waals surface area contributed by atoms with E-state index in [1.807, 2.05) is 37.3 Å². The van der Waals surface area contributed by atoms with E-state index in [0.29, 0.717) is 15.8 Å². The highest BCUT2D eigenvalue weighted by Crippen LogP contribution is 2.24. The number of hydrogen-bond donors (Lipinski definition) is 2. The Labute approximate surface area is 135 Å². The molecule has 1 amide bonds. The summed E-state index contributed by atoms with van der Waals surface area (Å²) in [5, 5.41) is 14.1. The van der Waals surface area contributed by atoms with Crippen LogP contribution in [0.3, 0.4) is 0 Å². The molecule has 3 rings (SSSR count). The molecule has 0 saturated carbocycles. The Morgan fingerprint density at radius 2 is 2.05 bits per heavy atom. The van der Waals surface area contributed by atoms with Gasteiger partial charge >= 0.3 is 0 Å². The Morgan fingerprint density at radius 1 is 1.27 bits per heavy atom. The largest absolute Gasteiger partial charge is 0.374 e. The predicted molar refractivity (Wildman–Crippen MR) is 87.8 cm³/mol. The number of amides is 1. The zero-order valence-corrected chi connectivity index (χ0v) is 13.3. The maximum Gasteiger partial charge on any atom is 0.271 e. The van der Waals surface area contributed by atoms with E-state index in [0.717, 1.165) is 10.6 Å². The molecule has 2 aromatic heterocycles. The van der Waals surface area contributed by atoms with Gasteiger partial charge in [0.15, 0.2) is 0 Å². The first-order valence-corrected chi connectivity index (χ1v) is 8.24. The minimum absolute atomic E-state index is 0.236. The number of aromatic nitrogens is 3. The zero-order valence-electron chi connectivity index (χ0n) is 11.7. The second-order valence-corrected chi connectivity index (χ2v) is 6.48. The number of benzene rings is 1. The van der Waals surface area contributed by atoms with Crippen LogP contribution in [-0.2, 0) is 0 Å². The number of carbonyl (C=O) groups excluding carboxylic acids is 1. The highest BCUT2D eigenvalue weighted by molar-refractivity contribution is 7.15. The van der Waals surface area contributed by atoms with Crippen molar-refractivity contribution in [2.45, 2.75) is 13.0 Å². The van der Waals surface area contributed by atoms with Gasteiger partial charge in [0.2, 0.25) is 5.13 Å². The van der Waals surface area contributed by atoms with Crippen molar-refractivity contribution in [1.29, 1.82) is 0 Å². The third-order valence-corrected chi connectivity index (χ3v) is 4.76. The summed E-state index contributed by atoms with van der Waals surface area (Å²) in [7, 11) is 0. The number of rotatable bonds is 4. The molecule has 0 saturated heterocycles. The highest BCUT2D eigenvalue weighted by atomic mass is 32.1. The maximum absolute atomic E-state index is 12.2. The van der Waals surface area contributed by atoms with Crippen LogP contribution in [0.2, 0.25) is 0 Å². The standard InChI is InChI=1S/C14H13N5OS2/c1-8(12-18-19-14(15)22-12)16-11(20)10-7-21-13(17-10)9-5-3-2-4-6-9/h2-8H,1H3,(H2,15,19)(H,16,20)/t8-/m0/s1. The van der Waals surface area contributed by atoms with Gasteiger partial charge in [0.25, 0.3) is 5.91 Å². The van der Waals surface area contributed by atoms with Crippen LogP contribution in [0, 0.1) is 0 Å². The molecule has 1 atom stereocenters. The van der Waals surface area contributed by atoms with Crippen molar-refractivity contribution in [3.63, 3.8) is 0 Å². The van der Waals surface area contributed by atoms with Crippen molar-refractivity contribution in [3.8, 4) is 10.6 Å². The number of anilines is 1. The smallest absolute Gasteiger partial charge is 0.271 e. The van der Waals surface area contributed by atoms with Crippen LogP contribution >= 0.6 is 22.7 Å². The summed E-state index contributed by atoms with van der Waals surface area (Å²) in [6.07, 6.45) is 0. The molecule has 8 heteroatoms. The lowest BCUT2D eigenvalue weighted by atomic mass is 10.2. The molecule has 6 nitrogen and oxygen atoms in total. The van der Waals surface area contributed by atoms with Crippen molar-refractivity contribution in [1.82, 2.24) is 20.5 Å². The fourth-order valence-corrected chi connectivity index (χ4v) is 3.26. The number of nitrogens with one attached hydrogen (secondary N) is 1. The lowest BCUT2D eigenvalue weighted by Crippen LogP contribution is -2.26. The van der Waals surface area contributed by atoms with E-state index in [9.17, 15) is 4.79 Å². The maximum atomic E-state index is 12.2. The van der Waals surface area contributed by atoms with Gasteiger partial charge in [0.05, 0.1) is 6.04 Å². The van der Waals surface area contributed by atoms with Gasteiger partial charge in [-0.3, -0.25) is 4.79 Å². The van der Waals surface area contributed by atoms with Crippen molar-refractivity contribution in [2.75, 3.05) is 5.73 Å². The molecule has 0 radical (unpaired) electrons. The van der Waals surface area contributed by atoms with E-state index in [-0.39, 0.29) is 11.9 Å². The molecule has 0 unspecified atom stereocenters. The van der Waals surface area contributed by atoms with Crippen LogP contribution in [0.25, 0.3) is 10.6 Å². The average molecular weight is 331 g/mol. The molecule has 0 spiro atoms. The predicted octanol–water partition coefficient (Wildman–Crippen LogP) is 2.73. The van der Waals surface area contributed by atoms with Gasteiger partial charge in [-0.15, -0.1) is 21.5 Å². The summed E-state index contributed by atoms with van der Waals surface area (Å²) in [5.41, 5.74) is 6.94. The van der Waals surface area contributed by atoms with Crippen molar-refractivity contribution >= 4 is 33.7 Å². The minimum Gasteiger partial charge on any atom is -0.374 e. The van der Waals surface area contributed by atoms with Gasteiger partial charge in [-0.2, -0.15) is 0 Å². The summed E-state index contributed by atoms with van der Waals surface area (Å²) in [4.78, 5) is 16.6. The van der Waals surface area contributed by atoms with Gasteiger partial charge in [0.1, 0.15) is 15.7 Å². The Kier molecular flexibility index (Phi) is 4.12. The summed E-state index contributed by atoms with van der Waals surface area (Å²) < 4.78 is 0. The topological polar surface area (TPSA) is 93.8 Å². The summed E-state index contributed by atoms with van der Waals surface area (Å²) in [5.74, 6) is -0.236. The fourth-order valence-electron chi connectivity index (χ4n) is 1.85. The lowest BCUT2D eigenvalue weighted by Gasteiger charge is -2.08. The monoisotopic (exact) mass is 331 g/mol. The number of nitrogen functional groups attached to an aromatic ring is 1. The molecule has 22 heavy (non-hydrogen) atoms. The van der Waals surface area contributed by atoms with E-state index in [1.165, 1.54) is 22.7 Å². The molecule has 2 heterocycles. The van der Waals surface area contributed by atoms with Gasteiger partial charge in [-0.05, 0) is 6.92 Å². The second-order valence-electron chi connectivity index (χ2n) is 4.58. The normalized spacial score (nSPS) is 12.0. The van der Waals surface area contributed by atoms with Gasteiger partial charge in [-0.25, -0.2) is 4.98 Å². The third-order valence-electron chi connectivity index (χ3n) is 2.93. The second kappa shape index (κ2) is 6.20. The van der Waals surface area contributed by atoms with Crippen LogP contribution in [0.1, 0.15) is 28.5 Å². The Balaban J connectivity index is 1.72. The third kappa shape index (κ3) is 3.12. The number of carbonyl (C=O) groups is 1. The SMILES string of the molecule is C[C@H](NC(=O)c1csc(-c2ccccc2)n1)c1nnc(N)s1. The van der Waals surface area contributed by atoms with Crippen molar-refractivity contribution in [3.05, 3.63) is 46.4 Å².